The third-order valence-electron chi connectivity index (χ3n) is 8.66. The molecule has 0 unspecified atom stereocenters. The van der Waals surface area contributed by atoms with Crippen molar-refractivity contribution in [1.82, 2.24) is 9.88 Å². The van der Waals surface area contributed by atoms with Gasteiger partial charge in [0.15, 0.2) is 5.78 Å². The maximum Gasteiger partial charge on any atom is 0.511 e. The van der Waals surface area contributed by atoms with Gasteiger partial charge in [0.25, 0.3) is 5.91 Å². The topological polar surface area (TPSA) is 168 Å². The predicted molar refractivity (Wildman–Crippen MR) is 179 cm³/mol. The van der Waals surface area contributed by atoms with E-state index in [1.807, 2.05) is 19.9 Å². The maximum atomic E-state index is 13.9. The Kier molecular flexibility index (Phi) is 9.21. The number of carbonyl (C=O) groups excluding carboxylic acids is 3. The van der Waals surface area contributed by atoms with Gasteiger partial charge in [0, 0.05) is 43.3 Å². The standard InChI is InChI=1S/C37H35N3O9/c1-3-46-31-18-25(19-32(47-4-2)33(31)22-5-9-26(10-6-22)48-36(44)45)35(43)40-15-13-37(14-16-40)20-29(41)27-17-23(8-12-30(27)49-37)28-11-7-24(21-39-28)34(38)42/h5-12,17-19,21H,3-4,13-16,20H2,1-2H3,(H2,38,42)(H,44,45). The normalized spacial score (nSPS) is 14.8. The number of piperidine rings is 1. The van der Waals surface area contributed by atoms with Gasteiger partial charge in [-0.1, -0.05) is 12.1 Å². The number of primary amides is 1. The van der Waals surface area contributed by atoms with Crippen molar-refractivity contribution < 1.29 is 43.2 Å². The van der Waals surface area contributed by atoms with Crippen LogP contribution in [0.25, 0.3) is 22.4 Å². The Morgan fingerprint density at radius 3 is 2.12 bits per heavy atom. The van der Waals surface area contributed by atoms with Crippen LogP contribution in [0, 0.1) is 0 Å². The molecule has 1 aromatic heterocycles. The monoisotopic (exact) mass is 665 g/mol. The van der Waals surface area contributed by atoms with Crippen molar-refractivity contribution in [2.75, 3.05) is 26.3 Å². The number of hydrogen-bond acceptors (Lipinski definition) is 9. The van der Waals surface area contributed by atoms with E-state index in [4.69, 9.17) is 29.8 Å². The van der Waals surface area contributed by atoms with Gasteiger partial charge in [-0.15, -0.1) is 0 Å². The fourth-order valence-corrected chi connectivity index (χ4v) is 6.27. The van der Waals surface area contributed by atoms with Crippen molar-refractivity contribution in [3.63, 3.8) is 0 Å². The summed E-state index contributed by atoms with van der Waals surface area (Å²) in [5, 5.41) is 8.93. The number of ether oxygens (including phenoxy) is 4. The second-order valence-corrected chi connectivity index (χ2v) is 11.8. The highest BCUT2D eigenvalue weighted by molar-refractivity contribution is 6.02. The molecule has 0 saturated carbocycles. The van der Waals surface area contributed by atoms with Crippen molar-refractivity contribution >= 4 is 23.8 Å². The summed E-state index contributed by atoms with van der Waals surface area (Å²) in [5.41, 5.74) is 8.41. The maximum absolute atomic E-state index is 13.9. The SMILES string of the molecule is CCOc1cc(C(=O)N2CCC3(CC2)CC(=O)c2cc(-c4ccc(C(N)=O)cn4)ccc2O3)cc(OCC)c1-c1ccc(OC(=O)O)cc1. The van der Waals surface area contributed by atoms with Crippen LogP contribution < -0.4 is 24.7 Å². The Balaban J connectivity index is 1.19. The summed E-state index contributed by atoms with van der Waals surface area (Å²) in [5.74, 6) is 0.762. The molecular formula is C37H35N3O9. The number of likely N-dealkylation sites (tertiary alicyclic amines) is 1. The van der Waals surface area contributed by atoms with Gasteiger partial charge in [-0.05, 0) is 74.0 Å². The van der Waals surface area contributed by atoms with Gasteiger partial charge in [0.05, 0.1) is 42.0 Å². The first kappa shape index (κ1) is 33.0. The number of nitrogens with zero attached hydrogens (tertiary/aromatic N) is 2. The number of carboxylic acid groups (broad SMARTS) is 1. The molecular weight excluding hydrogens is 630 g/mol. The Labute approximate surface area is 282 Å². The number of aromatic nitrogens is 1. The summed E-state index contributed by atoms with van der Waals surface area (Å²) in [6.45, 7) is 5.14. The van der Waals surface area contributed by atoms with E-state index in [-0.39, 0.29) is 23.9 Å². The summed E-state index contributed by atoms with van der Waals surface area (Å²) in [4.78, 5) is 55.7. The molecule has 3 heterocycles. The molecule has 49 heavy (non-hydrogen) atoms. The van der Waals surface area contributed by atoms with E-state index in [0.717, 1.165) is 5.56 Å². The number of fused-ring (bicyclic) bond motifs is 1. The van der Waals surface area contributed by atoms with E-state index in [0.29, 0.717) is 89.9 Å². The van der Waals surface area contributed by atoms with Gasteiger partial charge in [-0.3, -0.25) is 19.4 Å². The molecule has 3 aromatic carbocycles. The highest BCUT2D eigenvalue weighted by atomic mass is 16.7. The van der Waals surface area contributed by atoms with Crippen LogP contribution in [-0.4, -0.2) is 70.6 Å². The molecule has 12 heteroatoms. The van der Waals surface area contributed by atoms with Crippen LogP contribution >= 0.6 is 0 Å². The van der Waals surface area contributed by atoms with E-state index in [9.17, 15) is 19.2 Å². The van der Waals surface area contributed by atoms with E-state index in [1.165, 1.54) is 18.3 Å². The number of amides is 2. The second kappa shape index (κ2) is 13.7. The summed E-state index contributed by atoms with van der Waals surface area (Å²) in [7, 11) is 0. The Bertz CT molecular complexity index is 1890. The average molecular weight is 666 g/mol. The molecule has 12 nitrogen and oxygen atoms in total. The van der Waals surface area contributed by atoms with E-state index in [2.05, 4.69) is 4.98 Å². The molecule has 4 aromatic rings. The molecule has 0 radical (unpaired) electrons. The van der Waals surface area contributed by atoms with Crippen LogP contribution in [0.15, 0.2) is 72.9 Å². The first-order valence-corrected chi connectivity index (χ1v) is 16.0. The van der Waals surface area contributed by atoms with Crippen LogP contribution in [-0.2, 0) is 0 Å². The molecule has 3 N–H and O–H groups in total. The molecule has 1 saturated heterocycles. The second-order valence-electron chi connectivity index (χ2n) is 11.8. The number of ketones is 1. The molecule has 2 aliphatic heterocycles. The lowest BCUT2D eigenvalue weighted by Gasteiger charge is -2.44. The number of Topliss-reactive ketones (excluding diaryl/α,β-unsaturated/α-hetero) is 1. The zero-order chi connectivity index (χ0) is 34.7. The fraction of sp³-hybridized carbons (Fsp3) is 0.270. The summed E-state index contributed by atoms with van der Waals surface area (Å²) in [6.07, 6.45) is 1.13. The Morgan fingerprint density at radius 2 is 1.55 bits per heavy atom. The summed E-state index contributed by atoms with van der Waals surface area (Å²) < 4.78 is 23.2. The third-order valence-corrected chi connectivity index (χ3v) is 8.66. The van der Waals surface area contributed by atoms with E-state index < -0.39 is 17.7 Å². The van der Waals surface area contributed by atoms with Gasteiger partial charge in [0.1, 0.15) is 28.6 Å². The van der Waals surface area contributed by atoms with Crippen LogP contribution in [0.1, 0.15) is 64.2 Å². The minimum absolute atomic E-state index is 0.0440. The minimum Gasteiger partial charge on any atom is -0.493 e. The highest BCUT2D eigenvalue weighted by Gasteiger charge is 2.44. The molecule has 6 rings (SSSR count). The first-order chi connectivity index (χ1) is 23.6. The van der Waals surface area contributed by atoms with Crippen LogP contribution in [0.2, 0.25) is 0 Å². The van der Waals surface area contributed by atoms with Gasteiger partial charge in [0.2, 0.25) is 5.91 Å². The quantitative estimate of drug-likeness (QED) is 0.160. The number of pyridine rings is 1. The van der Waals surface area contributed by atoms with Gasteiger partial charge >= 0.3 is 6.16 Å². The molecule has 1 fully saturated rings. The van der Waals surface area contributed by atoms with Crippen molar-refractivity contribution in [2.45, 2.75) is 38.7 Å². The van der Waals surface area contributed by atoms with Crippen LogP contribution in [0.5, 0.6) is 23.0 Å². The van der Waals surface area contributed by atoms with Gasteiger partial charge < -0.3 is 34.7 Å². The lowest BCUT2D eigenvalue weighted by atomic mass is 9.82. The smallest absolute Gasteiger partial charge is 0.493 e. The Hall–Kier alpha value is -5.91. The molecule has 252 valence electrons. The lowest BCUT2D eigenvalue weighted by Crippen LogP contribution is -2.52. The Morgan fingerprint density at radius 1 is 0.898 bits per heavy atom. The largest absolute Gasteiger partial charge is 0.511 e. The minimum atomic E-state index is -1.41. The third kappa shape index (κ3) is 6.89. The zero-order valence-electron chi connectivity index (χ0n) is 27.1. The fourth-order valence-electron chi connectivity index (χ4n) is 6.27. The zero-order valence-corrected chi connectivity index (χ0v) is 27.1. The molecule has 2 amide bonds. The molecule has 0 aliphatic carbocycles. The summed E-state index contributed by atoms with van der Waals surface area (Å²) in [6, 6.07) is 18.5. The number of benzene rings is 3. The molecule has 2 aliphatic rings. The van der Waals surface area contributed by atoms with E-state index in [1.54, 1.807) is 53.4 Å². The summed E-state index contributed by atoms with van der Waals surface area (Å²) >= 11 is 0. The lowest BCUT2D eigenvalue weighted by molar-refractivity contribution is -0.00573. The van der Waals surface area contributed by atoms with Crippen LogP contribution in [0.4, 0.5) is 4.79 Å². The van der Waals surface area contributed by atoms with Crippen molar-refractivity contribution in [3.8, 4) is 45.4 Å². The number of hydrogen-bond donors (Lipinski definition) is 2. The van der Waals surface area contributed by atoms with Crippen molar-refractivity contribution in [3.05, 3.63) is 89.6 Å². The molecule has 0 bridgehead atoms. The van der Waals surface area contributed by atoms with E-state index >= 15 is 0 Å². The number of carbonyl (C=O) groups is 4. The van der Waals surface area contributed by atoms with Crippen molar-refractivity contribution in [2.24, 2.45) is 5.73 Å². The molecule has 0 atom stereocenters. The van der Waals surface area contributed by atoms with Gasteiger partial charge in [-0.2, -0.15) is 0 Å². The predicted octanol–water partition coefficient (Wildman–Crippen LogP) is 6.01. The highest BCUT2D eigenvalue weighted by Crippen LogP contribution is 2.43. The first-order valence-electron chi connectivity index (χ1n) is 16.0. The average Bonchev–Trinajstić information content (AvgIpc) is 3.09. The molecule has 1 spiro atoms. The number of rotatable bonds is 9. The van der Waals surface area contributed by atoms with Crippen LogP contribution in [0.3, 0.4) is 0 Å². The van der Waals surface area contributed by atoms with Gasteiger partial charge in [-0.25, -0.2) is 4.79 Å². The van der Waals surface area contributed by atoms with Crippen molar-refractivity contribution in [1.29, 1.82) is 0 Å². The number of nitrogens with two attached hydrogens (primary N) is 1.